The van der Waals surface area contributed by atoms with Crippen molar-refractivity contribution in [1.82, 2.24) is 0 Å². The number of halogens is 4. The van der Waals surface area contributed by atoms with E-state index in [4.69, 9.17) is 5.73 Å². The van der Waals surface area contributed by atoms with Crippen LogP contribution in [-0.2, 0) is 17.5 Å². The Morgan fingerprint density at radius 2 is 1.95 bits per heavy atom. The maximum absolute atomic E-state index is 12.7. The van der Waals surface area contributed by atoms with E-state index in [2.05, 4.69) is 5.32 Å². The molecule has 3 N–H and O–H groups in total. The highest BCUT2D eigenvalue weighted by Crippen LogP contribution is 2.32. The lowest BCUT2D eigenvalue weighted by atomic mass is 10.1. The van der Waals surface area contributed by atoms with Gasteiger partial charge in [0.1, 0.15) is 0 Å². The van der Waals surface area contributed by atoms with Crippen LogP contribution >= 0.6 is 12.4 Å². The summed E-state index contributed by atoms with van der Waals surface area (Å²) in [5, 5.41) is 2.49. The number of nitrogens with one attached hydrogen (secondary N) is 1. The first kappa shape index (κ1) is 18.7. The number of hydrogen-bond donors (Lipinski definition) is 2. The van der Waals surface area contributed by atoms with Crippen LogP contribution in [0.1, 0.15) is 31.4 Å². The Morgan fingerprint density at radius 1 is 1.35 bits per heavy atom. The van der Waals surface area contributed by atoms with E-state index < -0.39 is 11.7 Å². The molecule has 0 bridgehead atoms. The summed E-state index contributed by atoms with van der Waals surface area (Å²) >= 11 is 0. The number of hydrogen-bond acceptors (Lipinski definition) is 2. The number of anilines is 1. The minimum absolute atomic E-state index is 0. The van der Waals surface area contributed by atoms with Gasteiger partial charge in [0.05, 0.1) is 5.56 Å². The van der Waals surface area contributed by atoms with Crippen LogP contribution in [0.15, 0.2) is 18.2 Å². The minimum atomic E-state index is -4.46. The Morgan fingerprint density at radius 3 is 2.40 bits per heavy atom. The monoisotopic (exact) mass is 310 g/mol. The number of carbonyl (C=O) groups excluding carboxylic acids is 1. The molecule has 1 unspecified atom stereocenters. The first-order chi connectivity index (χ1) is 8.77. The van der Waals surface area contributed by atoms with Crippen molar-refractivity contribution in [3.05, 3.63) is 29.3 Å². The van der Waals surface area contributed by atoms with Gasteiger partial charge in [-0.15, -0.1) is 12.4 Å². The predicted octanol–water partition coefficient (Wildman–Crippen LogP) is 3.57. The summed E-state index contributed by atoms with van der Waals surface area (Å²) in [6.45, 7) is 3.53. The van der Waals surface area contributed by atoms with Crippen molar-refractivity contribution in [2.24, 2.45) is 11.7 Å². The largest absolute Gasteiger partial charge is 0.416 e. The molecule has 0 fully saturated rings. The first-order valence-corrected chi connectivity index (χ1v) is 6.00. The summed E-state index contributed by atoms with van der Waals surface area (Å²) in [5.41, 5.74) is 5.01. The second-order valence-corrected chi connectivity index (χ2v) is 4.42. The molecule has 114 valence electrons. The van der Waals surface area contributed by atoms with E-state index in [9.17, 15) is 18.0 Å². The van der Waals surface area contributed by atoms with Crippen molar-refractivity contribution in [2.45, 2.75) is 33.0 Å². The Bertz CT molecular complexity index is 463. The Kier molecular flexibility index (Phi) is 7.02. The van der Waals surface area contributed by atoms with Crippen LogP contribution < -0.4 is 11.1 Å². The van der Waals surface area contributed by atoms with Crippen LogP contribution in [0.2, 0.25) is 0 Å². The van der Waals surface area contributed by atoms with Gasteiger partial charge in [-0.2, -0.15) is 13.2 Å². The quantitative estimate of drug-likeness (QED) is 0.893. The lowest BCUT2D eigenvalue weighted by Crippen LogP contribution is -2.20. The highest BCUT2D eigenvalue weighted by molar-refractivity contribution is 5.92. The maximum Gasteiger partial charge on any atom is 0.416 e. The summed E-state index contributed by atoms with van der Waals surface area (Å²) in [5.74, 6) is -0.555. The third-order valence-electron chi connectivity index (χ3n) is 2.88. The van der Waals surface area contributed by atoms with Gasteiger partial charge in [-0.25, -0.2) is 0 Å². The zero-order valence-corrected chi connectivity index (χ0v) is 12.1. The second kappa shape index (κ2) is 7.50. The molecule has 0 aliphatic carbocycles. The molecule has 1 aromatic rings. The van der Waals surface area contributed by atoms with E-state index >= 15 is 0 Å². The van der Waals surface area contributed by atoms with Gasteiger partial charge in [0.25, 0.3) is 0 Å². The molecule has 0 radical (unpaired) electrons. The second-order valence-electron chi connectivity index (χ2n) is 4.42. The van der Waals surface area contributed by atoms with Crippen LogP contribution in [0.3, 0.4) is 0 Å². The Hall–Kier alpha value is -1.27. The lowest BCUT2D eigenvalue weighted by Gasteiger charge is -2.14. The molecule has 0 aliphatic rings. The zero-order valence-electron chi connectivity index (χ0n) is 11.3. The third-order valence-corrected chi connectivity index (χ3v) is 2.88. The number of carbonyl (C=O) groups is 1. The van der Waals surface area contributed by atoms with Crippen LogP contribution in [0, 0.1) is 5.92 Å². The molecule has 1 amide bonds. The van der Waals surface area contributed by atoms with Crippen molar-refractivity contribution in [2.75, 3.05) is 5.32 Å². The Labute approximate surface area is 122 Å². The van der Waals surface area contributed by atoms with Gasteiger partial charge in [-0.1, -0.05) is 13.8 Å². The van der Waals surface area contributed by atoms with E-state index in [1.165, 1.54) is 6.07 Å². The molecule has 0 saturated heterocycles. The van der Waals surface area contributed by atoms with Gasteiger partial charge >= 0.3 is 6.18 Å². The first-order valence-electron chi connectivity index (χ1n) is 6.00. The average Bonchev–Trinajstić information content (AvgIpc) is 2.36. The maximum atomic E-state index is 12.7. The van der Waals surface area contributed by atoms with Crippen molar-refractivity contribution >= 4 is 24.0 Å². The fourth-order valence-corrected chi connectivity index (χ4v) is 1.50. The number of benzene rings is 1. The standard InChI is InChI=1S/C13H17F3N2O.ClH/c1-3-8(2)12(19)18-11-5-9(7-17)4-10(6-11)13(14,15)16;/h4-6,8H,3,7,17H2,1-2H3,(H,18,19);1H. The lowest BCUT2D eigenvalue weighted by molar-refractivity contribution is -0.137. The average molecular weight is 311 g/mol. The minimum Gasteiger partial charge on any atom is -0.326 e. The van der Waals surface area contributed by atoms with Crippen molar-refractivity contribution in [3.8, 4) is 0 Å². The molecular weight excluding hydrogens is 293 g/mol. The highest BCUT2D eigenvalue weighted by Gasteiger charge is 2.31. The topological polar surface area (TPSA) is 55.1 Å². The van der Waals surface area contributed by atoms with Crippen LogP contribution in [-0.4, -0.2) is 5.91 Å². The Balaban J connectivity index is 0.00000361. The molecule has 20 heavy (non-hydrogen) atoms. The molecule has 0 saturated carbocycles. The molecule has 0 spiro atoms. The molecule has 0 heterocycles. The van der Waals surface area contributed by atoms with Crippen LogP contribution in [0.25, 0.3) is 0 Å². The molecular formula is C13H18ClF3N2O. The van der Waals surface area contributed by atoms with Crippen LogP contribution in [0.5, 0.6) is 0 Å². The number of amides is 1. The number of nitrogens with two attached hydrogens (primary N) is 1. The number of rotatable bonds is 4. The molecule has 1 rings (SSSR count). The summed E-state index contributed by atoms with van der Waals surface area (Å²) in [4.78, 5) is 11.7. The molecule has 3 nitrogen and oxygen atoms in total. The van der Waals surface area contributed by atoms with Gasteiger partial charge < -0.3 is 11.1 Å². The van der Waals surface area contributed by atoms with Gasteiger partial charge in [0, 0.05) is 18.2 Å². The fraction of sp³-hybridized carbons (Fsp3) is 0.462. The molecule has 1 aromatic carbocycles. The van der Waals surface area contributed by atoms with Gasteiger partial charge in [0.15, 0.2) is 0 Å². The van der Waals surface area contributed by atoms with E-state index in [1.54, 1.807) is 6.92 Å². The third kappa shape index (κ3) is 5.02. The van der Waals surface area contributed by atoms with E-state index in [-0.39, 0.29) is 36.5 Å². The van der Waals surface area contributed by atoms with Crippen molar-refractivity contribution in [3.63, 3.8) is 0 Å². The molecule has 7 heteroatoms. The van der Waals surface area contributed by atoms with Gasteiger partial charge in [-0.3, -0.25) is 4.79 Å². The van der Waals surface area contributed by atoms with Crippen molar-refractivity contribution in [1.29, 1.82) is 0 Å². The normalized spacial score (nSPS) is 12.5. The summed E-state index contributed by atoms with van der Waals surface area (Å²) < 4.78 is 38.1. The van der Waals surface area contributed by atoms with E-state index in [1.807, 2.05) is 6.92 Å². The molecule has 0 aromatic heterocycles. The number of alkyl halides is 3. The van der Waals surface area contributed by atoms with Gasteiger partial charge in [-0.05, 0) is 30.2 Å². The molecule has 0 aliphatic heterocycles. The smallest absolute Gasteiger partial charge is 0.326 e. The van der Waals surface area contributed by atoms with E-state index in [0.717, 1.165) is 12.1 Å². The van der Waals surface area contributed by atoms with E-state index in [0.29, 0.717) is 12.0 Å². The summed E-state index contributed by atoms with van der Waals surface area (Å²) in [6, 6.07) is 3.36. The van der Waals surface area contributed by atoms with Crippen molar-refractivity contribution < 1.29 is 18.0 Å². The molecule has 1 atom stereocenters. The van der Waals surface area contributed by atoms with Crippen LogP contribution in [0.4, 0.5) is 18.9 Å². The fourth-order valence-electron chi connectivity index (χ4n) is 1.50. The zero-order chi connectivity index (χ0) is 14.6. The summed E-state index contributed by atoms with van der Waals surface area (Å²) in [6.07, 6.45) is -3.84. The predicted molar refractivity (Wildman–Crippen MR) is 74.7 cm³/mol. The SMILES string of the molecule is CCC(C)C(=O)Nc1cc(CN)cc(C(F)(F)F)c1.Cl. The summed E-state index contributed by atoms with van der Waals surface area (Å²) in [7, 11) is 0. The van der Waals surface area contributed by atoms with Gasteiger partial charge in [0.2, 0.25) is 5.91 Å². The highest BCUT2D eigenvalue weighted by atomic mass is 35.5.